The molecule has 2 unspecified atom stereocenters. The van der Waals surface area contributed by atoms with Crippen LogP contribution in [0, 0.1) is 0 Å². The van der Waals surface area contributed by atoms with E-state index in [-0.39, 0.29) is 12.2 Å². The maximum absolute atomic E-state index is 9.54. The summed E-state index contributed by atoms with van der Waals surface area (Å²) in [5.74, 6) is 0. The topological polar surface area (TPSA) is 43.7 Å². The molecule has 0 rings (SSSR count). The van der Waals surface area contributed by atoms with Crippen molar-refractivity contribution in [3.63, 3.8) is 0 Å². The Hall–Kier alpha value is -0.120. The molecule has 0 aromatic rings. The SMILES string of the molecule is CCC(O)CN(CC(O)CC)C(C)C. The van der Waals surface area contributed by atoms with Crippen LogP contribution in [-0.2, 0) is 0 Å². The van der Waals surface area contributed by atoms with E-state index in [4.69, 9.17) is 0 Å². The maximum Gasteiger partial charge on any atom is 0.0664 e. The van der Waals surface area contributed by atoms with E-state index in [0.29, 0.717) is 19.1 Å². The van der Waals surface area contributed by atoms with Gasteiger partial charge in [0.05, 0.1) is 12.2 Å². The monoisotopic (exact) mass is 203 g/mol. The molecule has 0 saturated heterocycles. The predicted molar refractivity (Wildman–Crippen MR) is 59.3 cm³/mol. The smallest absolute Gasteiger partial charge is 0.0664 e. The normalized spacial score (nSPS) is 16.3. The van der Waals surface area contributed by atoms with Gasteiger partial charge in [0, 0.05) is 19.1 Å². The largest absolute Gasteiger partial charge is 0.392 e. The van der Waals surface area contributed by atoms with Gasteiger partial charge in [-0.2, -0.15) is 0 Å². The van der Waals surface area contributed by atoms with Crippen molar-refractivity contribution in [1.29, 1.82) is 0 Å². The zero-order chi connectivity index (χ0) is 11.1. The molecule has 3 nitrogen and oxygen atoms in total. The number of aliphatic hydroxyl groups excluding tert-OH is 2. The highest BCUT2D eigenvalue weighted by atomic mass is 16.3. The molecule has 0 aliphatic rings. The van der Waals surface area contributed by atoms with Crippen molar-refractivity contribution in [2.45, 2.75) is 58.8 Å². The van der Waals surface area contributed by atoms with Gasteiger partial charge >= 0.3 is 0 Å². The first-order valence-electron chi connectivity index (χ1n) is 5.61. The fraction of sp³-hybridized carbons (Fsp3) is 1.00. The standard InChI is InChI=1S/C11H25NO2/c1-5-10(13)7-12(9(3)4)8-11(14)6-2/h9-11,13-14H,5-8H2,1-4H3. The first-order chi connectivity index (χ1) is 6.51. The molecular weight excluding hydrogens is 178 g/mol. The van der Waals surface area contributed by atoms with Crippen molar-refractivity contribution < 1.29 is 10.2 Å². The molecular formula is C11H25NO2. The van der Waals surface area contributed by atoms with Gasteiger partial charge in [0.15, 0.2) is 0 Å². The fourth-order valence-electron chi connectivity index (χ4n) is 1.30. The zero-order valence-corrected chi connectivity index (χ0v) is 9.90. The van der Waals surface area contributed by atoms with Crippen LogP contribution in [0.2, 0.25) is 0 Å². The van der Waals surface area contributed by atoms with Crippen molar-refractivity contribution in [2.24, 2.45) is 0 Å². The van der Waals surface area contributed by atoms with Crippen LogP contribution in [0.15, 0.2) is 0 Å². The molecule has 0 fully saturated rings. The molecule has 86 valence electrons. The summed E-state index contributed by atoms with van der Waals surface area (Å²) in [4.78, 5) is 2.13. The number of aliphatic hydroxyl groups is 2. The summed E-state index contributed by atoms with van der Waals surface area (Å²) in [7, 11) is 0. The van der Waals surface area contributed by atoms with E-state index in [9.17, 15) is 10.2 Å². The van der Waals surface area contributed by atoms with E-state index in [2.05, 4.69) is 18.7 Å². The number of nitrogens with zero attached hydrogens (tertiary/aromatic N) is 1. The quantitative estimate of drug-likeness (QED) is 0.654. The van der Waals surface area contributed by atoms with E-state index in [0.717, 1.165) is 12.8 Å². The van der Waals surface area contributed by atoms with Crippen LogP contribution in [0.1, 0.15) is 40.5 Å². The molecule has 0 saturated carbocycles. The Kier molecular flexibility index (Phi) is 7.15. The van der Waals surface area contributed by atoms with Gasteiger partial charge in [0.1, 0.15) is 0 Å². The molecule has 0 aromatic carbocycles. The molecule has 2 N–H and O–H groups in total. The summed E-state index contributed by atoms with van der Waals surface area (Å²) in [6.45, 7) is 9.44. The third-order valence-electron chi connectivity index (χ3n) is 2.56. The van der Waals surface area contributed by atoms with Gasteiger partial charge in [-0.15, -0.1) is 0 Å². The second kappa shape index (κ2) is 7.21. The zero-order valence-electron chi connectivity index (χ0n) is 9.90. The van der Waals surface area contributed by atoms with E-state index in [1.165, 1.54) is 0 Å². The maximum atomic E-state index is 9.54. The summed E-state index contributed by atoms with van der Waals surface area (Å²) in [5, 5.41) is 19.1. The molecule has 0 amide bonds. The summed E-state index contributed by atoms with van der Waals surface area (Å²) < 4.78 is 0. The third kappa shape index (κ3) is 5.58. The minimum Gasteiger partial charge on any atom is -0.392 e. The van der Waals surface area contributed by atoms with Crippen LogP contribution in [0.5, 0.6) is 0 Å². The summed E-state index contributed by atoms with van der Waals surface area (Å²) in [6, 6.07) is 0.373. The van der Waals surface area contributed by atoms with Crippen molar-refractivity contribution >= 4 is 0 Å². The number of hydrogen-bond donors (Lipinski definition) is 2. The summed E-state index contributed by atoms with van der Waals surface area (Å²) >= 11 is 0. The Labute approximate surface area is 87.7 Å². The van der Waals surface area contributed by atoms with Crippen LogP contribution >= 0.6 is 0 Å². The van der Waals surface area contributed by atoms with Gasteiger partial charge in [-0.05, 0) is 26.7 Å². The lowest BCUT2D eigenvalue weighted by molar-refractivity contribution is 0.0504. The van der Waals surface area contributed by atoms with Gasteiger partial charge in [-0.3, -0.25) is 4.90 Å². The fourth-order valence-corrected chi connectivity index (χ4v) is 1.30. The highest BCUT2D eigenvalue weighted by molar-refractivity contribution is 4.70. The minimum atomic E-state index is -0.276. The van der Waals surface area contributed by atoms with Crippen molar-refractivity contribution in [3.05, 3.63) is 0 Å². The molecule has 0 aromatic heterocycles. The van der Waals surface area contributed by atoms with Gasteiger partial charge in [-0.25, -0.2) is 0 Å². The summed E-state index contributed by atoms with van der Waals surface area (Å²) in [6.07, 6.45) is 0.986. The Morgan fingerprint density at radius 3 is 1.50 bits per heavy atom. The summed E-state index contributed by atoms with van der Waals surface area (Å²) in [5.41, 5.74) is 0. The average molecular weight is 203 g/mol. The molecule has 14 heavy (non-hydrogen) atoms. The van der Waals surface area contributed by atoms with E-state index >= 15 is 0 Å². The first-order valence-corrected chi connectivity index (χ1v) is 5.61. The Morgan fingerprint density at radius 1 is 0.929 bits per heavy atom. The van der Waals surface area contributed by atoms with E-state index < -0.39 is 0 Å². The minimum absolute atomic E-state index is 0.276. The van der Waals surface area contributed by atoms with Crippen molar-refractivity contribution in [1.82, 2.24) is 4.90 Å². The highest BCUT2D eigenvalue weighted by Crippen LogP contribution is 2.05. The number of rotatable bonds is 7. The van der Waals surface area contributed by atoms with Crippen LogP contribution in [-0.4, -0.2) is 46.5 Å². The molecule has 0 aliphatic heterocycles. The molecule has 0 heterocycles. The molecule has 2 atom stereocenters. The molecule has 3 heteroatoms. The van der Waals surface area contributed by atoms with Crippen molar-refractivity contribution in [3.8, 4) is 0 Å². The molecule has 0 radical (unpaired) electrons. The van der Waals surface area contributed by atoms with E-state index in [1.54, 1.807) is 0 Å². The predicted octanol–water partition coefficient (Wildman–Crippen LogP) is 1.24. The van der Waals surface area contributed by atoms with Gasteiger partial charge < -0.3 is 10.2 Å². The lowest BCUT2D eigenvalue weighted by atomic mass is 10.2. The Morgan fingerprint density at radius 2 is 1.29 bits per heavy atom. The van der Waals surface area contributed by atoms with Crippen LogP contribution in [0.25, 0.3) is 0 Å². The Balaban J connectivity index is 4.02. The van der Waals surface area contributed by atoms with Crippen LogP contribution in [0.4, 0.5) is 0 Å². The van der Waals surface area contributed by atoms with Gasteiger partial charge in [0.2, 0.25) is 0 Å². The van der Waals surface area contributed by atoms with Crippen LogP contribution in [0.3, 0.4) is 0 Å². The first kappa shape index (κ1) is 13.9. The third-order valence-corrected chi connectivity index (χ3v) is 2.56. The lowest BCUT2D eigenvalue weighted by Crippen LogP contribution is -2.41. The van der Waals surface area contributed by atoms with Crippen LogP contribution < -0.4 is 0 Å². The van der Waals surface area contributed by atoms with Gasteiger partial charge in [0.25, 0.3) is 0 Å². The second-order valence-corrected chi connectivity index (χ2v) is 4.17. The van der Waals surface area contributed by atoms with Gasteiger partial charge in [-0.1, -0.05) is 13.8 Å². The molecule has 0 aliphatic carbocycles. The highest BCUT2D eigenvalue weighted by Gasteiger charge is 2.16. The Bertz CT molecular complexity index is 127. The van der Waals surface area contributed by atoms with E-state index in [1.807, 2.05) is 13.8 Å². The second-order valence-electron chi connectivity index (χ2n) is 4.17. The van der Waals surface area contributed by atoms with Crippen molar-refractivity contribution in [2.75, 3.05) is 13.1 Å². The molecule has 0 spiro atoms. The lowest BCUT2D eigenvalue weighted by Gasteiger charge is -2.30. The average Bonchev–Trinajstić information content (AvgIpc) is 2.16. The number of hydrogen-bond acceptors (Lipinski definition) is 3. The molecule has 0 bridgehead atoms.